The minimum absolute atomic E-state index is 0.966. The van der Waals surface area contributed by atoms with Crippen LogP contribution < -0.4 is 0 Å². The van der Waals surface area contributed by atoms with Gasteiger partial charge in [0.2, 0.25) is 0 Å². The highest BCUT2D eigenvalue weighted by atomic mass is 15.2. The van der Waals surface area contributed by atoms with Gasteiger partial charge in [-0.05, 0) is 17.5 Å². The van der Waals surface area contributed by atoms with E-state index in [0.29, 0.717) is 0 Å². The van der Waals surface area contributed by atoms with Gasteiger partial charge in [-0.3, -0.25) is 10.00 Å². The Morgan fingerprint density at radius 2 is 2.12 bits per heavy atom. The lowest BCUT2D eigenvalue weighted by Gasteiger charge is -2.25. The van der Waals surface area contributed by atoms with Crippen LogP contribution in [0.25, 0.3) is 0 Å². The Hall–Kier alpha value is -1.61. The summed E-state index contributed by atoms with van der Waals surface area (Å²) in [5.41, 5.74) is 3.97. The summed E-state index contributed by atoms with van der Waals surface area (Å²) in [6, 6.07) is 10.6. The summed E-state index contributed by atoms with van der Waals surface area (Å²) in [5.74, 6) is 0. The molecule has 0 bridgehead atoms. The monoisotopic (exact) mass is 213 g/mol. The van der Waals surface area contributed by atoms with Crippen LogP contribution in [0.3, 0.4) is 0 Å². The number of benzene rings is 1. The SMILES string of the molecule is c1ccc(CN2CCc3c[nH]nc3C2)cc1. The number of fused-ring (bicyclic) bond motifs is 1. The molecule has 0 atom stereocenters. The van der Waals surface area contributed by atoms with Gasteiger partial charge < -0.3 is 0 Å². The first-order chi connectivity index (χ1) is 7.92. The van der Waals surface area contributed by atoms with Crippen LogP contribution in [0.15, 0.2) is 36.5 Å². The van der Waals surface area contributed by atoms with E-state index in [1.54, 1.807) is 0 Å². The molecule has 0 spiro atoms. The molecule has 2 aromatic rings. The highest BCUT2D eigenvalue weighted by molar-refractivity contribution is 5.20. The Kier molecular flexibility index (Phi) is 2.46. The van der Waals surface area contributed by atoms with Crippen LogP contribution in [0.1, 0.15) is 16.8 Å². The summed E-state index contributed by atoms with van der Waals surface area (Å²) in [5, 5.41) is 7.23. The van der Waals surface area contributed by atoms with Crippen LogP contribution in [0.4, 0.5) is 0 Å². The van der Waals surface area contributed by atoms with Crippen molar-refractivity contribution in [2.45, 2.75) is 19.5 Å². The molecule has 0 fully saturated rings. The Labute approximate surface area is 95.1 Å². The van der Waals surface area contributed by atoms with Gasteiger partial charge in [-0.25, -0.2) is 0 Å². The van der Waals surface area contributed by atoms with E-state index >= 15 is 0 Å². The first-order valence-corrected chi connectivity index (χ1v) is 5.69. The van der Waals surface area contributed by atoms with Gasteiger partial charge in [0, 0.05) is 25.8 Å². The molecule has 1 aliphatic heterocycles. The molecule has 0 unspecified atom stereocenters. The zero-order chi connectivity index (χ0) is 10.8. The molecule has 0 amide bonds. The molecule has 2 heterocycles. The lowest BCUT2D eigenvalue weighted by molar-refractivity contribution is 0.242. The van der Waals surface area contributed by atoms with Crippen LogP contribution in [0, 0.1) is 0 Å². The van der Waals surface area contributed by atoms with Crippen LogP contribution in [-0.2, 0) is 19.5 Å². The van der Waals surface area contributed by atoms with Crippen molar-refractivity contribution >= 4 is 0 Å². The van der Waals surface area contributed by atoms with E-state index in [0.717, 1.165) is 26.1 Å². The van der Waals surface area contributed by atoms with Crippen molar-refractivity contribution < 1.29 is 0 Å². The molecule has 0 aliphatic carbocycles. The maximum atomic E-state index is 4.28. The Morgan fingerprint density at radius 3 is 3.00 bits per heavy atom. The number of hydrogen-bond acceptors (Lipinski definition) is 2. The Morgan fingerprint density at radius 1 is 1.25 bits per heavy atom. The predicted octanol–water partition coefficient (Wildman–Crippen LogP) is 1.97. The lowest BCUT2D eigenvalue weighted by atomic mass is 10.1. The van der Waals surface area contributed by atoms with Gasteiger partial charge in [0.1, 0.15) is 0 Å². The smallest absolute Gasteiger partial charge is 0.0794 e. The molecule has 3 heteroatoms. The van der Waals surface area contributed by atoms with Gasteiger partial charge in [-0.2, -0.15) is 5.10 Å². The Bertz CT molecular complexity index is 461. The molecule has 1 aromatic heterocycles. The lowest BCUT2D eigenvalue weighted by Crippen LogP contribution is -2.29. The molecule has 1 N–H and O–H groups in total. The molecular formula is C13H15N3. The quantitative estimate of drug-likeness (QED) is 0.827. The van der Waals surface area contributed by atoms with E-state index < -0.39 is 0 Å². The highest BCUT2D eigenvalue weighted by Gasteiger charge is 2.17. The summed E-state index contributed by atoms with van der Waals surface area (Å²) in [6.07, 6.45) is 3.13. The van der Waals surface area contributed by atoms with Crippen molar-refractivity contribution in [1.29, 1.82) is 0 Å². The molecule has 1 aliphatic rings. The van der Waals surface area contributed by atoms with Gasteiger partial charge in [0.05, 0.1) is 5.69 Å². The zero-order valence-corrected chi connectivity index (χ0v) is 9.19. The van der Waals surface area contributed by atoms with Gasteiger partial charge in [-0.15, -0.1) is 0 Å². The summed E-state index contributed by atoms with van der Waals surface area (Å²) >= 11 is 0. The number of H-pyrrole nitrogens is 1. The largest absolute Gasteiger partial charge is 0.293 e. The van der Waals surface area contributed by atoms with Crippen molar-refractivity contribution in [2.75, 3.05) is 6.54 Å². The molecule has 0 radical (unpaired) electrons. The van der Waals surface area contributed by atoms with Crippen LogP contribution in [0.5, 0.6) is 0 Å². The fourth-order valence-electron chi connectivity index (χ4n) is 2.24. The van der Waals surface area contributed by atoms with Crippen LogP contribution in [0.2, 0.25) is 0 Å². The molecule has 1 aromatic carbocycles. The summed E-state index contributed by atoms with van der Waals surface area (Å²) < 4.78 is 0. The molecule has 3 rings (SSSR count). The molecule has 3 nitrogen and oxygen atoms in total. The number of aromatic amines is 1. The summed E-state index contributed by atoms with van der Waals surface area (Å²) in [6.45, 7) is 3.11. The normalized spacial score (nSPS) is 16.0. The van der Waals surface area contributed by atoms with E-state index in [9.17, 15) is 0 Å². The third-order valence-electron chi connectivity index (χ3n) is 3.13. The summed E-state index contributed by atoms with van der Waals surface area (Å²) in [4.78, 5) is 2.44. The van der Waals surface area contributed by atoms with Crippen molar-refractivity contribution in [3.63, 3.8) is 0 Å². The number of nitrogens with one attached hydrogen (secondary N) is 1. The Balaban J connectivity index is 1.71. The zero-order valence-electron chi connectivity index (χ0n) is 9.19. The average Bonchev–Trinajstić information content (AvgIpc) is 2.77. The molecule has 0 saturated heterocycles. The maximum absolute atomic E-state index is 4.28. The number of aromatic nitrogens is 2. The second-order valence-corrected chi connectivity index (χ2v) is 4.30. The number of hydrogen-bond donors (Lipinski definition) is 1. The minimum atomic E-state index is 0.966. The van der Waals surface area contributed by atoms with Crippen LogP contribution in [-0.4, -0.2) is 21.6 Å². The maximum Gasteiger partial charge on any atom is 0.0794 e. The predicted molar refractivity (Wildman–Crippen MR) is 62.8 cm³/mol. The second kappa shape index (κ2) is 4.10. The fraction of sp³-hybridized carbons (Fsp3) is 0.308. The first kappa shape index (κ1) is 9.60. The van der Waals surface area contributed by atoms with E-state index in [2.05, 4.69) is 45.4 Å². The van der Waals surface area contributed by atoms with Crippen molar-refractivity contribution in [2.24, 2.45) is 0 Å². The topological polar surface area (TPSA) is 31.9 Å². The summed E-state index contributed by atoms with van der Waals surface area (Å²) in [7, 11) is 0. The standard InChI is InChI=1S/C13H15N3/c1-2-4-11(5-3-1)9-16-7-6-12-8-14-15-13(12)10-16/h1-5,8H,6-7,9-10H2,(H,14,15). The molecular weight excluding hydrogens is 198 g/mol. The van der Waals surface area contributed by atoms with Crippen molar-refractivity contribution in [3.05, 3.63) is 53.3 Å². The number of nitrogens with zero attached hydrogens (tertiary/aromatic N) is 2. The molecule has 82 valence electrons. The first-order valence-electron chi connectivity index (χ1n) is 5.69. The second-order valence-electron chi connectivity index (χ2n) is 4.30. The van der Waals surface area contributed by atoms with Gasteiger partial charge in [0.15, 0.2) is 0 Å². The third-order valence-corrected chi connectivity index (χ3v) is 3.13. The van der Waals surface area contributed by atoms with Crippen molar-refractivity contribution in [3.8, 4) is 0 Å². The highest BCUT2D eigenvalue weighted by Crippen LogP contribution is 2.17. The van der Waals surface area contributed by atoms with Gasteiger partial charge in [-0.1, -0.05) is 30.3 Å². The van der Waals surface area contributed by atoms with E-state index in [1.807, 2.05) is 6.20 Å². The third kappa shape index (κ3) is 1.86. The van der Waals surface area contributed by atoms with E-state index in [4.69, 9.17) is 0 Å². The van der Waals surface area contributed by atoms with E-state index in [-0.39, 0.29) is 0 Å². The molecule has 16 heavy (non-hydrogen) atoms. The molecule has 0 saturated carbocycles. The fourth-order valence-corrected chi connectivity index (χ4v) is 2.24. The van der Waals surface area contributed by atoms with Crippen molar-refractivity contribution in [1.82, 2.24) is 15.1 Å². The van der Waals surface area contributed by atoms with Gasteiger partial charge >= 0.3 is 0 Å². The van der Waals surface area contributed by atoms with E-state index in [1.165, 1.54) is 16.8 Å². The minimum Gasteiger partial charge on any atom is -0.293 e. The average molecular weight is 213 g/mol. The van der Waals surface area contributed by atoms with Crippen LogP contribution >= 0.6 is 0 Å². The number of rotatable bonds is 2. The van der Waals surface area contributed by atoms with Gasteiger partial charge in [0.25, 0.3) is 0 Å².